The highest BCUT2D eigenvalue weighted by molar-refractivity contribution is 5.78. The second kappa shape index (κ2) is 19.0. The minimum Gasteiger partial charge on any atom is -0.468 e. The molecule has 246 valence electrons. The molecule has 1 aromatic rings. The third kappa shape index (κ3) is 13.7. The second-order valence-corrected chi connectivity index (χ2v) is 10.5. The van der Waals surface area contributed by atoms with Crippen molar-refractivity contribution in [2.45, 2.75) is 52.9 Å². The van der Waals surface area contributed by atoms with Crippen LogP contribution in [0.15, 0.2) is 30.3 Å². The first kappa shape index (κ1) is 37.7. The highest BCUT2D eigenvalue weighted by Gasteiger charge is 2.39. The van der Waals surface area contributed by atoms with Crippen LogP contribution in [0, 0.1) is 10.8 Å². The Kier molecular flexibility index (Phi) is 16.3. The van der Waals surface area contributed by atoms with Gasteiger partial charge in [0.25, 0.3) is 0 Å². The summed E-state index contributed by atoms with van der Waals surface area (Å²) in [5.41, 5.74) is -1.84. The molecule has 1 aromatic carbocycles. The average molecular weight is 627 g/mol. The van der Waals surface area contributed by atoms with Crippen molar-refractivity contribution in [2.24, 2.45) is 10.8 Å². The fourth-order valence-corrected chi connectivity index (χ4v) is 3.83. The Morgan fingerprint density at radius 3 is 1.48 bits per heavy atom. The Morgan fingerprint density at radius 2 is 1.05 bits per heavy atom. The predicted molar refractivity (Wildman–Crippen MR) is 151 cm³/mol. The van der Waals surface area contributed by atoms with Gasteiger partial charge >= 0.3 is 36.2 Å². The van der Waals surface area contributed by atoms with Gasteiger partial charge in [-0.3, -0.25) is 19.2 Å². The zero-order valence-corrected chi connectivity index (χ0v) is 26.0. The molecule has 0 spiro atoms. The van der Waals surface area contributed by atoms with Crippen LogP contribution in [0.1, 0.15) is 58.4 Å². The highest BCUT2D eigenvalue weighted by atomic mass is 16.7. The number of hydrogen-bond acceptors (Lipinski definition) is 14. The maximum Gasteiger partial charge on any atom is 0.508 e. The van der Waals surface area contributed by atoms with Crippen molar-refractivity contribution in [3.05, 3.63) is 35.9 Å². The van der Waals surface area contributed by atoms with Gasteiger partial charge in [0.05, 0.1) is 27.4 Å². The van der Waals surface area contributed by atoms with Gasteiger partial charge in [-0.2, -0.15) is 0 Å². The van der Waals surface area contributed by atoms with E-state index in [-0.39, 0.29) is 32.3 Å². The van der Waals surface area contributed by atoms with Crippen LogP contribution in [0.5, 0.6) is 0 Å². The van der Waals surface area contributed by atoms with E-state index in [0.29, 0.717) is 19.3 Å². The third-order valence-electron chi connectivity index (χ3n) is 6.44. The summed E-state index contributed by atoms with van der Waals surface area (Å²) in [6.07, 6.45) is -0.593. The van der Waals surface area contributed by atoms with Crippen molar-refractivity contribution in [2.75, 3.05) is 53.9 Å². The lowest BCUT2D eigenvalue weighted by atomic mass is 9.91. The summed E-state index contributed by atoms with van der Waals surface area (Å²) in [4.78, 5) is 70.9. The van der Waals surface area contributed by atoms with Gasteiger partial charge in [0.2, 0.25) is 0 Å². The van der Waals surface area contributed by atoms with Gasteiger partial charge in [0.15, 0.2) is 0 Å². The molecule has 1 rings (SSSR count). The molecule has 14 nitrogen and oxygen atoms in total. The van der Waals surface area contributed by atoms with E-state index in [4.69, 9.17) is 37.9 Å². The fourth-order valence-electron chi connectivity index (χ4n) is 3.83. The predicted octanol–water partition coefficient (Wildman–Crippen LogP) is 3.73. The zero-order valence-electron chi connectivity index (χ0n) is 26.0. The maximum atomic E-state index is 12.2. The van der Waals surface area contributed by atoms with Crippen LogP contribution >= 0.6 is 0 Å². The number of carbonyl (C=O) groups excluding carboxylic acids is 6. The van der Waals surface area contributed by atoms with Crippen LogP contribution in [0.25, 0.3) is 0 Å². The van der Waals surface area contributed by atoms with Gasteiger partial charge in [0, 0.05) is 13.8 Å². The van der Waals surface area contributed by atoms with Crippen LogP contribution in [0.2, 0.25) is 0 Å². The smallest absolute Gasteiger partial charge is 0.468 e. The van der Waals surface area contributed by atoms with Crippen molar-refractivity contribution in [3.8, 4) is 0 Å². The molecule has 0 aliphatic carbocycles. The number of esters is 4. The number of rotatable bonds is 18. The number of hydrogen-bond donors (Lipinski definition) is 0. The van der Waals surface area contributed by atoms with Crippen LogP contribution in [-0.2, 0) is 57.1 Å². The Labute approximate surface area is 256 Å². The molecule has 3 atom stereocenters. The Bertz CT molecular complexity index is 1100. The molecule has 0 amide bonds. The summed E-state index contributed by atoms with van der Waals surface area (Å²) < 4.78 is 39.7. The summed E-state index contributed by atoms with van der Waals surface area (Å²) in [5.74, 6) is -2.71. The third-order valence-corrected chi connectivity index (χ3v) is 6.44. The van der Waals surface area contributed by atoms with E-state index >= 15 is 0 Å². The molecule has 0 heterocycles. The quantitative estimate of drug-likeness (QED) is 0.131. The van der Waals surface area contributed by atoms with Crippen LogP contribution < -0.4 is 0 Å². The normalized spacial score (nSPS) is 14.0. The first-order chi connectivity index (χ1) is 20.8. The summed E-state index contributed by atoms with van der Waals surface area (Å²) in [6, 6.07) is 9.45. The van der Waals surface area contributed by atoms with Gasteiger partial charge < -0.3 is 37.9 Å². The van der Waals surface area contributed by atoms with Crippen molar-refractivity contribution in [3.63, 3.8) is 0 Å². The summed E-state index contributed by atoms with van der Waals surface area (Å²) >= 11 is 0. The van der Waals surface area contributed by atoms with E-state index in [1.807, 2.05) is 30.3 Å². The lowest BCUT2D eigenvalue weighted by Crippen LogP contribution is -2.39. The average Bonchev–Trinajstić information content (AvgIpc) is 3.01. The molecule has 3 unspecified atom stereocenters. The fraction of sp³-hybridized carbons (Fsp3) is 0.600. The molecular weight excluding hydrogens is 584 g/mol. The van der Waals surface area contributed by atoms with Crippen LogP contribution in [0.3, 0.4) is 0 Å². The standard InChI is InChI=1S/C30H42O14/c1-21(31)41-17-29(3,25(33)37-5)19-43-27(35)39-15-10-13-24(23-11-8-7-9-12-23)14-16-40-28(36)44-20-30(4,26(34)38-6)18-42-22(2)32/h7-9,11-12,24H,10,13-20H2,1-6H3. The molecule has 0 bridgehead atoms. The lowest BCUT2D eigenvalue weighted by molar-refractivity contribution is -0.164. The molecule has 0 N–H and O–H groups in total. The number of carbonyl (C=O) groups is 6. The molecular formula is C30H42O14. The molecule has 0 aliphatic rings. The minimum absolute atomic E-state index is 0.00534. The Balaban J connectivity index is 2.60. The van der Waals surface area contributed by atoms with Gasteiger partial charge in [-0.15, -0.1) is 0 Å². The van der Waals surface area contributed by atoms with Gasteiger partial charge in [-0.25, -0.2) is 9.59 Å². The highest BCUT2D eigenvalue weighted by Crippen LogP contribution is 2.26. The molecule has 44 heavy (non-hydrogen) atoms. The number of ether oxygens (including phenoxy) is 8. The summed E-state index contributed by atoms with van der Waals surface area (Å²) in [6.45, 7) is 3.71. The Hall–Kier alpha value is -4.36. The lowest BCUT2D eigenvalue weighted by Gasteiger charge is -2.25. The van der Waals surface area contributed by atoms with Gasteiger partial charge in [-0.05, 0) is 44.6 Å². The van der Waals surface area contributed by atoms with Crippen molar-refractivity contribution in [1.29, 1.82) is 0 Å². The van der Waals surface area contributed by atoms with E-state index in [1.54, 1.807) is 0 Å². The molecule has 0 aromatic heterocycles. The number of benzene rings is 1. The van der Waals surface area contributed by atoms with E-state index < -0.39 is 60.2 Å². The van der Waals surface area contributed by atoms with Crippen molar-refractivity contribution in [1.82, 2.24) is 0 Å². The Morgan fingerprint density at radius 1 is 0.614 bits per heavy atom. The topological polar surface area (TPSA) is 176 Å². The molecule has 0 fully saturated rings. The van der Waals surface area contributed by atoms with Gasteiger partial charge in [0.1, 0.15) is 37.3 Å². The molecule has 0 saturated carbocycles. The monoisotopic (exact) mass is 626 g/mol. The van der Waals surface area contributed by atoms with Crippen LogP contribution in [0.4, 0.5) is 9.59 Å². The van der Waals surface area contributed by atoms with Crippen molar-refractivity contribution >= 4 is 36.2 Å². The van der Waals surface area contributed by atoms with E-state index in [1.165, 1.54) is 41.9 Å². The largest absolute Gasteiger partial charge is 0.508 e. The number of methoxy groups -OCH3 is 2. The van der Waals surface area contributed by atoms with Crippen molar-refractivity contribution < 1.29 is 66.7 Å². The van der Waals surface area contributed by atoms with Crippen LogP contribution in [-0.4, -0.2) is 90.0 Å². The first-order valence-electron chi connectivity index (χ1n) is 13.8. The molecule has 14 heteroatoms. The summed E-state index contributed by atoms with van der Waals surface area (Å²) in [5, 5.41) is 0. The SMILES string of the molecule is COC(=O)C(C)(COC(C)=O)COC(=O)OCCCC(CCOC(=O)OCC(C)(COC(C)=O)C(=O)OC)c1ccccc1. The van der Waals surface area contributed by atoms with E-state index in [9.17, 15) is 28.8 Å². The molecule has 0 aliphatic heterocycles. The second-order valence-electron chi connectivity index (χ2n) is 10.5. The molecule has 0 saturated heterocycles. The van der Waals surface area contributed by atoms with E-state index in [2.05, 4.69) is 0 Å². The van der Waals surface area contributed by atoms with E-state index in [0.717, 1.165) is 5.56 Å². The molecule has 0 radical (unpaired) electrons. The minimum atomic E-state index is -1.41. The van der Waals surface area contributed by atoms with Gasteiger partial charge in [-0.1, -0.05) is 30.3 Å². The zero-order chi connectivity index (χ0) is 33.2. The summed E-state index contributed by atoms with van der Waals surface area (Å²) in [7, 11) is 2.33. The first-order valence-corrected chi connectivity index (χ1v) is 13.8. The maximum absolute atomic E-state index is 12.2.